The topological polar surface area (TPSA) is 95.5 Å². The number of ketones is 1. The molecular weight excluding hydrogens is 342 g/mol. The Hall–Kier alpha value is -2.74. The summed E-state index contributed by atoms with van der Waals surface area (Å²) in [6.45, 7) is 1.32. The van der Waals surface area contributed by atoms with Crippen LogP contribution in [0.4, 0.5) is 0 Å². The molecule has 0 spiro atoms. The van der Waals surface area contributed by atoms with Crippen LogP contribution in [0.3, 0.4) is 0 Å². The highest BCUT2D eigenvalue weighted by Crippen LogP contribution is 2.31. The van der Waals surface area contributed by atoms with Crippen LogP contribution in [0.5, 0.6) is 0 Å². The number of rotatable bonds is 3. The highest BCUT2D eigenvalue weighted by Gasteiger charge is 2.38. The Kier molecular flexibility index (Phi) is 3.96. The molecule has 0 bridgehead atoms. The van der Waals surface area contributed by atoms with E-state index in [1.165, 1.54) is 0 Å². The number of ether oxygens (including phenoxy) is 1. The van der Waals surface area contributed by atoms with E-state index >= 15 is 0 Å². The number of aliphatic carboxylic acids is 1. The van der Waals surface area contributed by atoms with E-state index in [9.17, 15) is 14.7 Å². The molecule has 4 heterocycles. The first-order valence-electron chi connectivity index (χ1n) is 7.82. The molecule has 7 nitrogen and oxygen atoms in total. The van der Waals surface area contributed by atoms with Crippen LogP contribution < -0.4 is 0 Å². The third-order valence-corrected chi connectivity index (χ3v) is 5.10. The van der Waals surface area contributed by atoms with Gasteiger partial charge < -0.3 is 19.7 Å². The standard InChI is InChI=1S/C17H15N3O4S/c21-14-12(8-10-9-19-15-11(10)2-1-3-18-15)24-16(13(14)17(22)23)20-4-6-25-7-5-20/h1-3,8-9H,4-7H2,(H,18,19)(H,22,23). The van der Waals surface area contributed by atoms with Crippen molar-refractivity contribution in [3.8, 4) is 0 Å². The number of aromatic nitrogens is 2. The number of thioether (sulfide) groups is 1. The number of fused-ring (bicyclic) bond motifs is 1. The predicted molar refractivity (Wildman–Crippen MR) is 93.7 cm³/mol. The number of hydrogen-bond acceptors (Lipinski definition) is 6. The molecule has 1 fully saturated rings. The molecule has 8 heteroatoms. The number of carboxylic acids is 1. The Morgan fingerprint density at radius 1 is 1.40 bits per heavy atom. The lowest BCUT2D eigenvalue weighted by atomic mass is 10.1. The maximum Gasteiger partial charge on any atom is 0.345 e. The van der Waals surface area contributed by atoms with E-state index in [1.54, 1.807) is 36.3 Å². The lowest BCUT2D eigenvalue weighted by molar-refractivity contribution is -0.134. The molecule has 0 aromatic carbocycles. The van der Waals surface area contributed by atoms with Crippen molar-refractivity contribution in [2.45, 2.75) is 0 Å². The highest BCUT2D eigenvalue weighted by molar-refractivity contribution is 7.99. The van der Waals surface area contributed by atoms with Gasteiger partial charge >= 0.3 is 5.97 Å². The number of pyridine rings is 1. The summed E-state index contributed by atoms with van der Waals surface area (Å²) >= 11 is 1.80. The Morgan fingerprint density at radius 2 is 2.20 bits per heavy atom. The van der Waals surface area contributed by atoms with E-state index < -0.39 is 11.8 Å². The van der Waals surface area contributed by atoms with Gasteiger partial charge in [-0.3, -0.25) is 4.79 Å². The molecule has 0 aliphatic carbocycles. The third kappa shape index (κ3) is 2.78. The van der Waals surface area contributed by atoms with Crippen molar-refractivity contribution >= 4 is 40.6 Å². The van der Waals surface area contributed by atoms with Gasteiger partial charge in [-0.2, -0.15) is 11.8 Å². The predicted octanol–water partition coefficient (Wildman–Crippen LogP) is 1.85. The number of Topliss-reactive ketones (excluding diaryl/α,β-unsaturated/α-hetero) is 1. The SMILES string of the molecule is O=C(O)C1=C(N2CCSCC2)OC(=Cc2c[nH]c3ncccc23)C1=O. The molecule has 25 heavy (non-hydrogen) atoms. The minimum atomic E-state index is -1.26. The average molecular weight is 357 g/mol. The van der Waals surface area contributed by atoms with Crippen molar-refractivity contribution in [2.24, 2.45) is 0 Å². The zero-order valence-electron chi connectivity index (χ0n) is 13.2. The summed E-state index contributed by atoms with van der Waals surface area (Å²) in [5.74, 6) is 0.0703. The summed E-state index contributed by atoms with van der Waals surface area (Å²) in [5, 5.41) is 10.3. The van der Waals surface area contributed by atoms with Crippen LogP contribution in [0, 0.1) is 0 Å². The van der Waals surface area contributed by atoms with Crippen LogP contribution in [0.15, 0.2) is 41.7 Å². The minimum absolute atomic E-state index is 0.0235. The first kappa shape index (κ1) is 15.8. The second-order valence-corrected chi connectivity index (χ2v) is 6.89. The minimum Gasteiger partial charge on any atom is -0.477 e. The van der Waals surface area contributed by atoms with Crippen molar-refractivity contribution in [1.82, 2.24) is 14.9 Å². The number of allylic oxidation sites excluding steroid dienone is 1. The summed E-state index contributed by atoms with van der Waals surface area (Å²) in [4.78, 5) is 33.2. The molecule has 2 N–H and O–H groups in total. The lowest BCUT2D eigenvalue weighted by Crippen LogP contribution is -2.33. The van der Waals surface area contributed by atoms with Gasteiger partial charge in [0.2, 0.25) is 11.7 Å². The normalized spacial score (nSPS) is 19.8. The smallest absolute Gasteiger partial charge is 0.345 e. The van der Waals surface area contributed by atoms with Gasteiger partial charge in [0.05, 0.1) is 0 Å². The number of H-pyrrole nitrogens is 1. The van der Waals surface area contributed by atoms with Crippen molar-refractivity contribution in [2.75, 3.05) is 24.6 Å². The van der Waals surface area contributed by atoms with E-state index in [0.29, 0.717) is 18.7 Å². The lowest BCUT2D eigenvalue weighted by Gasteiger charge is -2.28. The van der Waals surface area contributed by atoms with E-state index in [2.05, 4.69) is 9.97 Å². The van der Waals surface area contributed by atoms with Crippen molar-refractivity contribution in [1.29, 1.82) is 0 Å². The second-order valence-electron chi connectivity index (χ2n) is 5.67. The number of aromatic amines is 1. The number of carboxylic acid groups (broad SMARTS) is 1. The number of carbonyl (C=O) groups excluding carboxylic acids is 1. The summed E-state index contributed by atoms with van der Waals surface area (Å²) in [6.07, 6.45) is 4.96. The van der Waals surface area contributed by atoms with E-state index in [1.807, 2.05) is 11.0 Å². The van der Waals surface area contributed by atoms with Gasteiger partial charge in [0.25, 0.3) is 0 Å². The van der Waals surface area contributed by atoms with Gasteiger partial charge in [0.15, 0.2) is 11.3 Å². The Morgan fingerprint density at radius 3 is 2.96 bits per heavy atom. The summed E-state index contributed by atoms with van der Waals surface area (Å²) in [7, 11) is 0. The molecule has 0 unspecified atom stereocenters. The first-order valence-corrected chi connectivity index (χ1v) is 8.97. The highest BCUT2D eigenvalue weighted by atomic mass is 32.2. The largest absolute Gasteiger partial charge is 0.477 e. The second kappa shape index (κ2) is 6.29. The molecule has 2 aromatic rings. The number of nitrogens with one attached hydrogen (secondary N) is 1. The molecular formula is C17H15N3O4S. The zero-order valence-corrected chi connectivity index (χ0v) is 14.0. The molecule has 2 aliphatic rings. The Balaban J connectivity index is 1.71. The maximum absolute atomic E-state index is 12.6. The molecule has 4 rings (SSSR count). The van der Waals surface area contributed by atoms with Crippen LogP contribution in [-0.2, 0) is 14.3 Å². The number of nitrogens with zero attached hydrogens (tertiary/aromatic N) is 2. The summed E-state index contributed by atoms with van der Waals surface area (Å²) in [6, 6.07) is 3.67. The molecule has 1 saturated heterocycles. The fraction of sp³-hybridized carbons (Fsp3) is 0.235. The molecule has 2 aromatic heterocycles. The summed E-state index contributed by atoms with van der Waals surface area (Å²) in [5.41, 5.74) is 1.13. The average Bonchev–Trinajstić information content (AvgIpc) is 3.18. The van der Waals surface area contributed by atoms with E-state index in [-0.39, 0.29) is 17.2 Å². The van der Waals surface area contributed by atoms with Crippen LogP contribution in [0.2, 0.25) is 0 Å². The van der Waals surface area contributed by atoms with Crippen molar-refractivity contribution in [3.63, 3.8) is 0 Å². The molecule has 0 saturated carbocycles. The van der Waals surface area contributed by atoms with Gasteiger partial charge in [-0.15, -0.1) is 0 Å². The summed E-state index contributed by atoms with van der Waals surface area (Å²) < 4.78 is 5.70. The van der Waals surface area contributed by atoms with Gasteiger partial charge in [-0.05, 0) is 18.2 Å². The third-order valence-electron chi connectivity index (χ3n) is 4.15. The monoisotopic (exact) mass is 357 g/mol. The van der Waals surface area contributed by atoms with Gasteiger partial charge in [0.1, 0.15) is 5.65 Å². The van der Waals surface area contributed by atoms with Gasteiger partial charge in [-0.25, -0.2) is 9.78 Å². The Bertz CT molecular complexity index is 925. The van der Waals surface area contributed by atoms with Gasteiger partial charge in [0, 0.05) is 47.9 Å². The molecule has 0 radical (unpaired) electrons. The van der Waals surface area contributed by atoms with Crippen LogP contribution in [0.1, 0.15) is 5.56 Å². The van der Waals surface area contributed by atoms with Crippen molar-refractivity contribution in [3.05, 3.63) is 47.3 Å². The van der Waals surface area contributed by atoms with E-state index in [4.69, 9.17) is 4.74 Å². The fourth-order valence-electron chi connectivity index (χ4n) is 2.93. The van der Waals surface area contributed by atoms with Crippen LogP contribution >= 0.6 is 11.8 Å². The molecule has 0 amide bonds. The quantitative estimate of drug-likeness (QED) is 0.639. The number of carbonyl (C=O) groups is 2. The Labute approximate surface area is 147 Å². The van der Waals surface area contributed by atoms with Crippen LogP contribution in [-0.4, -0.2) is 56.3 Å². The zero-order chi connectivity index (χ0) is 17.4. The van der Waals surface area contributed by atoms with E-state index in [0.717, 1.165) is 22.5 Å². The fourth-order valence-corrected chi connectivity index (χ4v) is 3.84. The number of hydrogen-bond donors (Lipinski definition) is 2. The molecule has 128 valence electrons. The van der Waals surface area contributed by atoms with Crippen molar-refractivity contribution < 1.29 is 19.4 Å². The first-order chi connectivity index (χ1) is 12.1. The molecule has 0 atom stereocenters. The van der Waals surface area contributed by atoms with Gasteiger partial charge in [-0.1, -0.05) is 0 Å². The molecule has 2 aliphatic heterocycles. The van der Waals surface area contributed by atoms with Crippen LogP contribution in [0.25, 0.3) is 17.1 Å². The maximum atomic E-state index is 12.6.